The zero-order chi connectivity index (χ0) is 13.5. The maximum absolute atomic E-state index is 10.5. The van der Waals surface area contributed by atoms with E-state index in [1.165, 1.54) is 13.2 Å². The van der Waals surface area contributed by atoms with Gasteiger partial charge in [-0.05, 0) is 18.2 Å². The van der Waals surface area contributed by atoms with Gasteiger partial charge in [0.2, 0.25) is 0 Å². The van der Waals surface area contributed by atoms with Crippen LogP contribution in [0.25, 0.3) is 6.08 Å². The van der Waals surface area contributed by atoms with Crippen molar-refractivity contribution in [1.29, 1.82) is 0 Å². The minimum absolute atomic E-state index is 0.142. The zero-order valence-corrected chi connectivity index (χ0v) is 10.6. The number of carboxylic acid groups (broad SMARTS) is 1. The molecule has 0 bridgehead atoms. The third kappa shape index (κ3) is 4.51. The number of hydrogen-bond acceptors (Lipinski definition) is 3. The van der Waals surface area contributed by atoms with Crippen LogP contribution in [-0.4, -0.2) is 24.8 Å². The summed E-state index contributed by atoms with van der Waals surface area (Å²) in [5.74, 6) is 0.0600. The van der Waals surface area contributed by atoms with E-state index in [4.69, 9.17) is 26.2 Å². The molecule has 1 rings (SSSR count). The largest absolute Gasteiger partial charge is 0.497 e. The topological polar surface area (TPSA) is 55.8 Å². The number of halogens is 1. The SMILES string of the molecule is C=C(Cl)COc1cc(OC)ccc1/C=C/C(=O)O. The number of benzene rings is 1. The molecular formula is C13H13ClO4. The van der Waals surface area contributed by atoms with E-state index in [1.807, 2.05) is 0 Å². The quantitative estimate of drug-likeness (QED) is 0.806. The predicted octanol–water partition coefficient (Wildman–Crippen LogP) is 2.92. The Morgan fingerprint density at radius 3 is 2.83 bits per heavy atom. The monoisotopic (exact) mass is 268 g/mol. The van der Waals surface area contributed by atoms with Gasteiger partial charge >= 0.3 is 5.97 Å². The Labute approximate surface area is 110 Å². The third-order valence-electron chi connectivity index (χ3n) is 2.01. The summed E-state index contributed by atoms with van der Waals surface area (Å²) in [7, 11) is 1.53. The number of ether oxygens (including phenoxy) is 2. The molecule has 0 saturated carbocycles. The average molecular weight is 269 g/mol. The summed E-state index contributed by atoms with van der Waals surface area (Å²) in [5, 5.41) is 8.95. The van der Waals surface area contributed by atoms with E-state index >= 15 is 0 Å². The van der Waals surface area contributed by atoms with Crippen molar-refractivity contribution in [3.05, 3.63) is 41.4 Å². The summed E-state index contributed by atoms with van der Waals surface area (Å²) < 4.78 is 10.5. The highest BCUT2D eigenvalue weighted by Crippen LogP contribution is 2.26. The van der Waals surface area contributed by atoms with Crippen molar-refractivity contribution in [2.24, 2.45) is 0 Å². The highest BCUT2D eigenvalue weighted by molar-refractivity contribution is 6.29. The maximum atomic E-state index is 10.5. The van der Waals surface area contributed by atoms with Crippen LogP contribution in [0.2, 0.25) is 0 Å². The first-order chi connectivity index (χ1) is 8.52. The van der Waals surface area contributed by atoms with E-state index in [-0.39, 0.29) is 6.61 Å². The van der Waals surface area contributed by atoms with Gasteiger partial charge in [0.1, 0.15) is 18.1 Å². The van der Waals surface area contributed by atoms with Gasteiger partial charge in [0, 0.05) is 22.7 Å². The van der Waals surface area contributed by atoms with Crippen LogP contribution < -0.4 is 9.47 Å². The molecule has 0 fully saturated rings. The second-order valence-electron chi connectivity index (χ2n) is 3.38. The average Bonchev–Trinajstić information content (AvgIpc) is 2.34. The molecule has 0 aromatic heterocycles. The van der Waals surface area contributed by atoms with Gasteiger partial charge in [0.05, 0.1) is 7.11 Å². The zero-order valence-electron chi connectivity index (χ0n) is 9.85. The lowest BCUT2D eigenvalue weighted by Crippen LogP contribution is -1.99. The minimum atomic E-state index is -1.03. The van der Waals surface area contributed by atoms with E-state index < -0.39 is 5.97 Å². The van der Waals surface area contributed by atoms with Crippen molar-refractivity contribution < 1.29 is 19.4 Å². The lowest BCUT2D eigenvalue weighted by molar-refractivity contribution is -0.131. The van der Waals surface area contributed by atoms with Crippen LogP contribution in [0, 0.1) is 0 Å². The molecule has 0 aliphatic heterocycles. The number of aliphatic carboxylic acids is 1. The van der Waals surface area contributed by atoms with Crippen molar-refractivity contribution in [1.82, 2.24) is 0 Å². The Balaban J connectivity index is 2.99. The first kappa shape index (κ1) is 14.1. The van der Waals surface area contributed by atoms with Gasteiger partial charge in [0.15, 0.2) is 0 Å². The van der Waals surface area contributed by atoms with E-state index in [2.05, 4.69) is 6.58 Å². The van der Waals surface area contributed by atoms with Crippen molar-refractivity contribution >= 4 is 23.6 Å². The highest BCUT2D eigenvalue weighted by Gasteiger charge is 2.04. The number of hydrogen-bond donors (Lipinski definition) is 1. The number of methoxy groups -OCH3 is 1. The molecule has 1 aromatic rings. The molecule has 0 heterocycles. The molecule has 1 N–H and O–H groups in total. The Morgan fingerprint density at radius 2 is 2.28 bits per heavy atom. The van der Waals surface area contributed by atoms with Gasteiger partial charge in [-0.15, -0.1) is 0 Å². The fraction of sp³-hybridized carbons (Fsp3) is 0.154. The van der Waals surface area contributed by atoms with Crippen LogP contribution >= 0.6 is 11.6 Å². The van der Waals surface area contributed by atoms with Gasteiger partial charge in [-0.25, -0.2) is 4.79 Å². The predicted molar refractivity (Wildman–Crippen MR) is 70.2 cm³/mol. The van der Waals surface area contributed by atoms with Crippen molar-refractivity contribution in [2.75, 3.05) is 13.7 Å². The normalized spacial score (nSPS) is 10.3. The van der Waals surface area contributed by atoms with E-state index in [0.29, 0.717) is 22.1 Å². The summed E-state index contributed by atoms with van der Waals surface area (Å²) in [4.78, 5) is 10.5. The molecule has 1 aromatic carbocycles. The van der Waals surface area contributed by atoms with Crippen molar-refractivity contribution in [3.63, 3.8) is 0 Å². The van der Waals surface area contributed by atoms with Crippen LogP contribution in [0.4, 0.5) is 0 Å². The summed E-state index contributed by atoms with van der Waals surface area (Å²) in [6.45, 7) is 3.66. The lowest BCUT2D eigenvalue weighted by atomic mass is 10.1. The van der Waals surface area contributed by atoms with E-state index in [9.17, 15) is 4.79 Å². The Bertz CT molecular complexity index is 480. The van der Waals surface area contributed by atoms with Crippen LogP contribution in [0.5, 0.6) is 11.5 Å². The first-order valence-corrected chi connectivity index (χ1v) is 5.46. The Hall–Kier alpha value is -1.94. The summed E-state index contributed by atoms with van der Waals surface area (Å²) >= 11 is 5.62. The fourth-order valence-corrected chi connectivity index (χ4v) is 1.28. The van der Waals surface area contributed by atoms with Gasteiger partial charge < -0.3 is 14.6 Å². The standard InChI is InChI=1S/C13H13ClO4/c1-9(14)8-18-12-7-11(17-2)5-3-10(12)4-6-13(15)16/h3-7H,1,8H2,2H3,(H,15,16)/b6-4+. The van der Waals surface area contributed by atoms with Gasteiger partial charge in [-0.1, -0.05) is 18.2 Å². The molecule has 0 aliphatic rings. The summed E-state index contributed by atoms with van der Waals surface area (Å²) in [6, 6.07) is 5.07. The fourth-order valence-electron chi connectivity index (χ4n) is 1.22. The lowest BCUT2D eigenvalue weighted by Gasteiger charge is -2.10. The summed E-state index contributed by atoms with van der Waals surface area (Å²) in [5.41, 5.74) is 0.621. The second-order valence-corrected chi connectivity index (χ2v) is 3.92. The molecule has 0 atom stereocenters. The number of carbonyl (C=O) groups is 1. The molecule has 96 valence electrons. The molecule has 0 saturated heterocycles. The van der Waals surface area contributed by atoms with E-state index in [0.717, 1.165) is 6.08 Å². The molecule has 5 heteroatoms. The van der Waals surface area contributed by atoms with Crippen molar-refractivity contribution in [2.45, 2.75) is 0 Å². The van der Waals surface area contributed by atoms with Crippen molar-refractivity contribution in [3.8, 4) is 11.5 Å². The minimum Gasteiger partial charge on any atom is -0.497 e. The first-order valence-electron chi connectivity index (χ1n) is 5.08. The molecule has 18 heavy (non-hydrogen) atoms. The van der Waals surface area contributed by atoms with Gasteiger partial charge in [-0.2, -0.15) is 0 Å². The maximum Gasteiger partial charge on any atom is 0.328 e. The number of carboxylic acids is 1. The Kier molecular flexibility index (Phi) is 5.27. The smallest absolute Gasteiger partial charge is 0.328 e. The second kappa shape index (κ2) is 6.71. The molecule has 0 spiro atoms. The third-order valence-corrected chi connectivity index (χ3v) is 2.12. The van der Waals surface area contributed by atoms with Crippen LogP contribution in [0.3, 0.4) is 0 Å². The van der Waals surface area contributed by atoms with Gasteiger partial charge in [0.25, 0.3) is 0 Å². The molecule has 0 amide bonds. The van der Waals surface area contributed by atoms with Crippen LogP contribution in [0.15, 0.2) is 35.9 Å². The molecule has 4 nitrogen and oxygen atoms in total. The molecule has 0 unspecified atom stereocenters. The number of rotatable bonds is 6. The van der Waals surface area contributed by atoms with Gasteiger partial charge in [-0.3, -0.25) is 0 Å². The molecule has 0 radical (unpaired) electrons. The van der Waals surface area contributed by atoms with E-state index in [1.54, 1.807) is 18.2 Å². The summed E-state index contributed by atoms with van der Waals surface area (Å²) in [6.07, 6.45) is 2.47. The molecular weight excluding hydrogens is 256 g/mol. The molecule has 0 aliphatic carbocycles. The van der Waals surface area contributed by atoms with Crippen LogP contribution in [0.1, 0.15) is 5.56 Å². The Morgan fingerprint density at radius 1 is 1.56 bits per heavy atom. The van der Waals surface area contributed by atoms with Crippen LogP contribution in [-0.2, 0) is 4.79 Å². The highest BCUT2D eigenvalue weighted by atomic mass is 35.5.